The summed E-state index contributed by atoms with van der Waals surface area (Å²) in [5, 5.41) is 12.1. The number of carbonyl (C=O) groups excluding carboxylic acids is 7. The summed E-state index contributed by atoms with van der Waals surface area (Å²) in [6.07, 6.45) is 5.82. The minimum absolute atomic E-state index is 0.0972. The van der Waals surface area contributed by atoms with Gasteiger partial charge < -0.3 is 42.5 Å². The Labute approximate surface area is 520 Å². The quantitative estimate of drug-likeness (QED) is 0.0894. The number of carbonyl (C=O) groups is 7. The number of hydrogen-bond donors (Lipinski definition) is 2. The largest absolute Gasteiger partial charge is 0.494 e. The van der Waals surface area contributed by atoms with Crippen LogP contribution in [0.2, 0.25) is 5.15 Å². The highest BCUT2D eigenvalue weighted by Crippen LogP contribution is 2.38. The number of amides is 4. The Kier molecular flexibility index (Phi) is 22.9. The maximum Gasteiger partial charge on any atom is 0.494 e. The van der Waals surface area contributed by atoms with Gasteiger partial charge in [0.15, 0.2) is 18.7 Å². The van der Waals surface area contributed by atoms with Crippen LogP contribution in [0.1, 0.15) is 94.0 Å². The number of aliphatic hydroxyl groups is 1. The fourth-order valence-electron chi connectivity index (χ4n) is 8.87. The molecule has 6 aromatic rings. The number of hydrogen-bond acceptors (Lipinski definition) is 22. The second-order valence-electron chi connectivity index (χ2n) is 20.6. The summed E-state index contributed by atoms with van der Waals surface area (Å²) in [5.41, 5.74) is 6.87. The van der Waals surface area contributed by atoms with Gasteiger partial charge in [0.25, 0.3) is 10.5 Å². The molecule has 6 aliphatic rings. The summed E-state index contributed by atoms with van der Waals surface area (Å²) in [4.78, 5) is 110. The van der Waals surface area contributed by atoms with Crippen molar-refractivity contribution in [3.05, 3.63) is 120 Å². The zero-order chi connectivity index (χ0) is 62.8. The summed E-state index contributed by atoms with van der Waals surface area (Å²) in [5.74, 6) is 2.29. The Morgan fingerprint density at radius 3 is 1.55 bits per heavy atom. The zero-order valence-corrected chi connectivity index (χ0v) is 53.3. The number of nitrogens with one attached hydrogen (secondary N) is 1. The summed E-state index contributed by atoms with van der Waals surface area (Å²) >= 11 is 10.3. The van der Waals surface area contributed by atoms with Crippen LogP contribution < -0.4 is 39.6 Å². The SMILES string of the molecule is CC1(C)OB(c2ccc3c(c2)CCCO3)OC1(C)C.CN1C(=O)CSC1=O.COC(=O)C(O)c1sc(=O)n(C)c1-c1ccc2c(c1)CCCO2.Cn1c(-c2ccc3c(c2)CCCO3)c(C=O)sc1=O.Cn1c(Cl)c(C=O)sc1=O.O=C1CSC(=O)N1. The van der Waals surface area contributed by atoms with E-state index in [2.05, 4.69) is 43.8 Å². The normalized spacial score (nSPS) is 16.9. The predicted molar refractivity (Wildman–Crippen MR) is 333 cm³/mol. The predicted octanol–water partition coefficient (Wildman–Crippen LogP) is 7.40. The molecule has 3 aromatic heterocycles. The fourth-order valence-corrected chi connectivity index (χ4v) is 12.9. The lowest BCUT2D eigenvalue weighted by Crippen LogP contribution is -2.41. The smallest absolute Gasteiger partial charge is 0.493 e. The molecule has 3 saturated heterocycles. The second-order valence-corrected chi connectivity index (χ2v) is 25.8. The number of thiazole rings is 3. The number of fused-ring (bicyclic) bond motifs is 3. The Morgan fingerprint density at radius 2 is 1.14 bits per heavy atom. The molecule has 1 atom stereocenters. The van der Waals surface area contributed by atoms with Crippen LogP contribution in [-0.2, 0) is 68.8 Å². The van der Waals surface area contributed by atoms with Gasteiger partial charge in [0.1, 0.15) is 27.3 Å². The molecule has 12 rings (SSSR count). The maximum absolute atomic E-state index is 12.0. The van der Waals surface area contributed by atoms with E-state index in [4.69, 9.17) is 35.1 Å². The van der Waals surface area contributed by atoms with E-state index < -0.39 is 12.1 Å². The highest BCUT2D eigenvalue weighted by atomic mass is 35.5. The number of aldehydes is 2. The molecule has 458 valence electrons. The second kappa shape index (κ2) is 29.4. The molecular weight excluding hydrogens is 1230 g/mol. The van der Waals surface area contributed by atoms with Crippen LogP contribution >= 0.6 is 69.1 Å². The van der Waals surface area contributed by atoms with E-state index in [0.29, 0.717) is 45.5 Å². The lowest BCUT2D eigenvalue weighted by molar-refractivity contribution is -0.150. The molecule has 3 aromatic carbocycles. The number of benzene rings is 3. The van der Waals surface area contributed by atoms with Gasteiger partial charge in [-0.3, -0.25) is 57.9 Å². The van der Waals surface area contributed by atoms with Crippen LogP contribution in [0.15, 0.2) is 69.0 Å². The third-order valence-electron chi connectivity index (χ3n) is 14.3. The van der Waals surface area contributed by atoms with Crippen molar-refractivity contribution in [2.45, 2.75) is 83.5 Å². The first-order chi connectivity index (χ1) is 40.8. The molecule has 0 saturated carbocycles. The number of imide groups is 2. The highest BCUT2D eigenvalue weighted by molar-refractivity contribution is 8.15. The number of thioether (sulfide) groups is 2. The minimum atomic E-state index is -1.47. The number of halogens is 1. The van der Waals surface area contributed by atoms with Gasteiger partial charge in [-0.15, -0.1) is 0 Å². The summed E-state index contributed by atoms with van der Waals surface area (Å²) in [6.45, 7) is 10.6. The van der Waals surface area contributed by atoms with Crippen molar-refractivity contribution in [3.8, 4) is 39.8 Å². The topological polar surface area (TPSA) is 276 Å². The molecule has 22 nitrogen and oxygen atoms in total. The van der Waals surface area contributed by atoms with Gasteiger partial charge in [-0.1, -0.05) is 81.3 Å². The number of aromatic nitrogens is 3. The Bertz CT molecular complexity index is 3690. The highest BCUT2D eigenvalue weighted by Gasteiger charge is 2.52. The standard InChI is InChI=1S/C16H17NO5S.C15H21BO3.C14H13NO3S.C5H4ClNO2S.C4H5NO2S.C3H3NO2S/c1-17-12(14(23-16(17)20)13(18)15(19)21-2)10-5-6-11-9(8-10)4-3-7-22-11;1-14(2)15(3,4)19-16(18-14)12-7-8-13-11(10-12)6-5-9-17-13;1-15-13(12(8-16)19-14(15)17)10-4-5-11-9(7-10)3-2-6-18-11;1-7-4(6)3(2-8)10-5(7)9;1-5-3(6)2-8-4(5)7;5-2-1-7-3(6)4-2/h5-6,8,13,18H,3-4,7H2,1-2H3;7-8,10H,5-6,9H2,1-4H3;4-5,7-8H,2-3,6H2,1H3;2H,1H3;2H2,1H3;1H2,(H,4,5,6). The number of methoxy groups -OCH3 is 1. The summed E-state index contributed by atoms with van der Waals surface area (Å²) in [6, 6.07) is 17.7. The van der Waals surface area contributed by atoms with Gasteiger partial charge in [-0.25, -0.2) is 4.79 Å². The lowest BCUT2D eigenvalue weighted by atomic mass is 9.78. The first kappa shape index (κ1) is 66.9. The summed E-state index contributed by atoms with van der Waals surface area (Å²) < 4.78 is 37.7. The Hall–Kier alpha value is -6.63. The van der Waals surface area contributed by atoms with Gasteiger partial charge in [0.05, 0.1) is 70.8 Å². The van der Waals surface area contributed by atoms with Crippen LogP contribution in [-0.4, -0.2) is 128 Å². The van der Waals surface area contributed by atoms with Crippen molar-refractivity contribution >= 4 is 123 Å². The molecule has 3 fully saturated rings. The molecule has 2 N–H and O–H groups in total. The third-order valence-corrected chi connectivity index (χ3v) is 19.6. The molecule has 29 heteroatoms. The average Bonchev–Trinajstić information content (AvgIpc) is 2.84. The van der Waals surface area contributed by atoms with Crippen LogP contribution in [0.3, 0.4) is 0 Å². The minimum Gasteiger partial charge on any atom is -0.493 e. The Morgan fingerprint density at radius 1 is 0.663 bits per heavy atom. The average molecular weight is 1300 g/mol. The van der Waals surface area contributed by atoms with E-state index in [1.165, 1.54) is 40.5 Å². The number of esters is 1. The fraction of sp³-hybridized carbons (Fsp3) is 0.404. The van der Waals surface area contributed by atoms with E-state index in [1.807, 2.05) is 48.5 Å². The number of nitrogens with zero attached hydrogens (tertiary/aromatic N) is 4. The molecular formula is C57H63BClN5O17S5. The van der Waals surface area contributed by atoms with Crippen molar-refractivity contribution in [1.82, 2.24) is 23.9 Å². The van der Waals surface area contributed by atoms with Crippen LogP contribution in [0, 0.1) is 0 Å². The lowest BCUT2D eigenvalue weighted by Gasteiger charge is -2.32. The zero-order valence-electron chi connectivity index (χ0n) is 48.5. The maximum atomic E-state index is 12.0. The first-order valence-electron chi connectivity index (χ1n) is 26.7. The molecule has 6 aliphatic heterocycles. The van der Waals surface area contributed by atoms with Crippen LogP contribution in [0.25, 0.3) is 22.5 Å². The van der Waals surface area contributed by atoms with Gasteiger partial charge in [0, 0.05) is 39.3 Å². The van der Waals surface area contributed by atoms with E-state index >= 15 is 0 Å². The number of aryl methyl sites for hydroxylation is 3. The molecule has 1 unspecified atom stereocenters. The molecule has 0 radical (unpaired) electrons. The summed E-state index contributed by atoms with van der Waals surface area (Å²) in [7, 11) is 7.25. The van der Waals surface area contributed by atoms with Crippen LogP contribution in [0.4, 0.5) is 9.59 Å². The Balaban J connectivity index is 0.000000155. The number of rotatable bonds is 7. The molecule has 86 heavy (non-hydrogen) atoms. The van der Waals surface area contributed by atoms with E-state index in [-0.39, 0.29) is 65.3 Å². The van der Waals surface area contributed by atoms with Crippen molar-refractivity contribution in [2.24, 2.45) is 21.1 Å². The van der Waals surface area contributed by atoms with Gasteiger partial charge >= 0.3 is 27.7 Å². The van der Waals surface area contributed by atoms with Crippen LogP contribution in [0.5, 0.6) is 17.2 Å². The van der Waals surface area contributed by atoms with E-state index in [1.54, 1.807) is 14.1 Å². The molecule has 4 amide bonds. The van der Waals surface area contributed by atoms with Gasteiger partial charge in [-0.05, 0) is 131 Å². The molecule has 9 heterocycles. The van der Waals surface area contributed by atoms with Gasteiger partial charge in [0.2, 0.25) is 11.8 Å². The van der Waals surface area contributed by atoms with Gasteiger partial charge in [-0.2, -0.15) is 0 Å². The molecule has 0 aliphatic carbocycles. The van der Waals surface area contributed by atoms with Crippen molar-refractivity contribution < 1.29 is 66.9 Å². The van der Waals surface area contributed by atoms with Crippen molar-refractivity contribution in [1.29, 1.82) is 0 Å². The number of ether oxygens (including phenoxy) is 4. The van der Waals surface area contributed by atoms with E-state index in [9.17, 15) is 53.1 Å². The third kappa shape index (κ3) is 15.9. The number of aliphatic hydroxyl groups excluding tert-OH is 1. The monoisotopic (exact) mass is 1300 g/mol. The first-order valence-corrected chi connectivity index (χ1v) is 31.5. The molecule has 0 bridgehead atoms. The van der Waals surface area contributed by atoms with Crippen molar-refractivity contribution in [3.63, 3.8) is 0 Å². The van der Waals surface area contributed by atoms with E-state index in [0.717, 1.165) is 165 Å². The molecule has 0 spiro atoms. The van der Waals surface area contributed by atoms with Crippen molar-refractivity contribution in [2.75, 3.05) is 45.5 Å².